The Morgan fingerprint density at radius 2 is 1.67 bits per heavy atom. The highest BCUT2D eigenvalue weighted by molar-refractivity contribution is 6.77. The quantitative estimate of drug-likeness (QED) is 0.391. The van der Waals surface area contributed by atoms with Crippen molar-refractivity contribution in [3.05, 3.63) is 0 Å². The summed E-state index contributed by atoms with van der Waals surface area (Å²) in [5.41, 5.74) is 0. The van der Waals surface area contributed by atoms with Crippen molar-refractivity contribution in [2.24, 2.45) is 0 Å². The second-order valence-electron chi connectivity index (χ2n) is 3.57. The summed E-state index contributed by atoms with van der Waals surface area (Å²) in [7, 11) is -0.758. The van der Waals surface area contributed by atoms with E-state index < -0.39 is 8.07 Å². The molecule has 0 amide bonds. The average molecular weight is 164 g/mol. The van der Waals surface area contributed by atoms with Gasteiger partial charge in [-0.3, -0.25) is 0 Å². The van der Waals surface area contributed by atoms with Gasteiger partial charge in [0.1, 0.15) is 0 Å². The summed E-state index contributed by atoms with van der Waals surface area (Å²) < 4.78 is 1.91. The second-order valence-corrected chi connectivity index (χ2v) is 9.38. The monoisotopic (exact) mass is 163 g/mol. The van der Waals surface area contributed by atoms with Crippen LogP contribution in [0.3, 0.4) is 0 Å². The van der Waals surface area contributed by atoms with Crippen molar-refractivity contribution in [3.63, 3.8) is 0 Å². The van der Waals surface area contributed by atoms with Crippen LogP contribution in [0.1, 0.15) is 0 Å². The van der Waals surface area contributed by atoms with E-state index in [1.807, 2.05) is 4.42 Å². The van der Waals surface area contributed by atoms with E-state index >= 15 is 0 Å². The van der Waals surface area contributed by atoms with E-state index in [-0.39, 0.29) is 0 Å². The van der Waals surface area contributed by atoms with E-state index in [1.54, 1.807) is 0 Å². The Balaban J connectivity index is 2.35. The zero-order chi connectivity index (χ0) is 6.91. The Kier molecular flexibility index (Phi) is 2.19. The lowest BCUT2D eigenvalue weighted by molar-refractivity contribution is 0.480. The Morgan fingerprint density at radius 1 is 1.22 bits per heavy atom. The molecule has 1 nitrogen and oxygen atoms in total. The maximum Gasteiger partial charge on any atom is 0.0499 e. The van der Waals surface area contributed by atoms with Crippen molar-refractivity contribution in [2.45, 2.75) is 25.2 Å². The molecule has 0 aromatic rings. The van der Waals surface area contributed by atoms with Crippen LogP contribution in [0.15, 0.2) is 0 Å². The fraction of sp³-hybridized carbons (Fsp3) is 1.00. The smallest absolute Gasteiger partial charge is 0.0499 e. The minimum Gasteiger partial charge on any atom is -0.221 e. The third-order valence-corrected chi connectivity index (χ3v) is 5.55. The Bertz CT molecular complexity index is 95.2. The first-order valence-corrected chi connectivity index (χ1v) is 7.26. The number of halogens is 1. The first-order chi connectivity index (χ1) is 4.10. The van der Waals surface area contributed by atoms with Crippen LogP contribution in [0.5, 0.6) is 0 Å². The molecule has 0 aromatic carbocycles. The summed E-state index contributed by atoms with van der Waals surface area (Å²) in [6, 6.07) is 2.74. The summed E-state index contributed by atoms with van der Waals surface area (Å²) in [4.78, 5) is 0. The fourth-order valence-electron chi connectivity index (χ4n) is 1.08. The van der Waals surface area contributed by atoms with E-state index in [0.29, 0.717) is 0 Å². The average Bonchev–Trinajstić information content (AvgIpc) is 1.78. The standard InChI is InChI=1S/C6H14ClNSi/c1-9(2)5-3-8(7)4-6-9/h3-6H2,1-2H3. The van der Waals surface area contributed by atoms with Gasteiger partial charge < -0.3 is 0 Å². The van der Waals surface area contributed by atoms with Gasteiger partial charge in [-0.1, -0.05) is 13.1 Å². The largest absolute Gasteiger partial charge is 0.221 e. The first-order valence-electron chi connectivity index (χ1n) is 3.51. The van der Waals surface area contributed by atoms with Gasteiger partial charge in [-0.15, -0.1) is 0 Å². The molecular formula is C6H14ClNSi. The van der Waals surface area contributed by atoms with Gasteiger partial charge in [0.2, 0.25) is 0 Å². The second kappa shape index (κ2) is 2.60. The summed E-state index contributed by atoms with van der Waals surface area (Å²) in [6.07, 6.45) is 0. The van der Waals surface area contributed by atoms with Crippen LogP contribution in [-0.2, 0) is 0 Å². The maximum atomic E-state index is 5.80. The molecule has 0 unspecified atom stereocenters. The normalized spacial score (nSPS) is 28.3. The van der Waals surface area contributed by atoms with Crippen LogP contribution in [-0.4, -0.2) is 25.6 Å². The lowest BCUT2D eigenvalue weighted by Gasteiger charge is -2.31. The molecule has 1 aliphatic rings. The van der Waals surface area contributed by atoms with Crippen LogP contribution in [0.25, 0.3) is 0 Å². The van der Waals surface area contributed by atoms with Crippen LogP contribution in [0.2, 0.25) is 25.2 Å². The van der Waals surface area contributed by atoms with Gasteiger partial charge in [0, 0.05) is 21.2 Å². The predicted molar refractivity (Wildman–Crippen MR) is 44.5 cm³/mol. The molecule has 0 bridgehead atoms. The Labute approximate surface area is 63.1 Å². The van der Waals surface area contributed by atoms with E-state index in [2.05, 4.69) is 13.1 Å². The molecule has 0 N–H and O–H groups in total. The molecule has 54 valence electrons. The Morgan fingerprint density at radius 3 is 2.00 bits per heavy atom. The SMILES string of the molecule is C[Si]1(C)CCN(Cl)CC1. The Hall–Kier alpha value is 0.467. The number of nitrogens with zero attached hydrogens (tertiary/aromatic N) is 1. The van der Waals surface area contributed by atoms with Crippen molar-refractivity contribution in [3.8, 4) is 0 Å². The van der Waals surface area contributed by atoms with E-state index in [4.69, 9.17) is 11.8 Å². The first kappa shape index (κ1) is 7.57. The highest BCUT2D eigenvalue weighted by Crippen LogP contribution is 2.22. The fourth-order valence-corrected chi connectivity index (χ4v) is 3.54. The third-order valence-electron chi connectivity index (χ3n) is 2.06. The van der Waals surface area contributed by atoms with Crippen LogP contribution < -0.4 is 0 Å². The van der Waals surface area contributed by atoms with Gasteiger partial charge in [0.15, 0.2) is 0 Å². The van der Waals surface area contributed by atoms with Crippen LogP contribution >= 0.6 is 11.8 Å². The van der Waals surface area contributed by atoms with E-state index in [1.165, 1.54) is 12.1 Å². The molecule has 0 atom stereocenters. The number of hydrogen-bond donors (Lipinski definition) is 0. The van der Waals surface area contributed by atoms with E-state index in [9.17, 15) is 0 Å². The lowest BCUT2D eigenvalue weighted by atomic mass is 10.6. The van der Waals surface area contributed by atoms with E-state index in [0.717, 1.165) is 13.1 Å². The topological polar surface area (TPSA) is 3.24 Å². The molecule has 0 spiro atoms. The van der Waals surface area contributed by atoms with Gasteiger partial charge in [-0.05, 0) is 23.9 Å². The summed E-state index contributed by atoms with van der Waals surface area (Å²) >= 11 is 5.80. The summed E-state index contributed by atoms with van der Waals surface area (Å²) in [5, 5.41) is 0. The van der Waals surface area contributed by atoms with Gasteiger partial charge in [0.05, 0.1) is 0 Å². The van der Waals surface area contributed by atoms with Gasteiger partial charge in [-0.25, -0.2) is 4.42 Å². The predicted octanol–water partition coefficient (Wildman–Crippen LogP) is 2.16. The van der Waals surface area contributed by atoms with Gasteiger partial charge in [-0.2, -0.15) is 0 Å². The highest BCUT2D eigenvalue weighted by atomic mass is 35.5. The molecule has 1 fully saturated rings. The van der Waals surface area contributed by atoms with Crippen molar-refractivity contribution in [1.29, 1.82) is 0 Å². The highest BCUT2D eigenvalue weighted by Gasteiger charge is 2.25. The molecule has 3 heteroatoms. The molecule has 1 saturated heterocycles. The minimum atomic E-state index is -0.758. The van der Waals surface area contributed by atoms with Crippen LogP contribution in [0, 0.1) is 0 Å². The molecular weight excluding hydrogens is 150 g/mol. The third kappa shape index (κ3) is 2.28. The van der Waals surface area contributed by atoms with Gasteiger partial charge >= 0.3 is 0 Å². The zero-order valence-electron chi connectivity index (χ0n) is 6.15. The van der Waals surface area contributed by atoms with Crippen molar-refractivity contribution >= 4 is 19.9 Å². The summed E-state index contributed by atoms with van der Waals surface area (Å²) in [5.74, 6) is 0. The maximum absolute atomic E-state index is 5.80. The van der Waals surface area contributed by atoms with Crippen LogP contribution in [0.4, 0.5) is 0 Å². The molecule has 1 heterocycles. The molecule has 0 radical (unpaired) electrons. The summed E-state index contributed by atoms with van der Waals surface area (Å²) in [6.45, 7) is 7.11. The molecule has 1 rings (SSSR count). The van der Waals surface area contributed by atoms with Crippen molar-refractivity contribution in [2.75, 3.05) is 13.1 Å². The molecule has 0 aliphatic carbocycles. The molecule has 9 heavy (non-hydrogen) atoms. The lowest BCUT2D eigenvalue weighted by Crippen LogP contribution is -2.38. The molecule has 1 aliphatic heterocycles. The van der Waals surface area contributed by atoms with Crippen molar-refractivity contribution in [1.82, 2.24) is 4.42 Å². The number of rotatable bonds is 0. The molecule has 0 saturated carbocycles. The zero-order valence-corrected chi connectivity index (χ0v) is 7.91. The minimum absolute atomic E-state index is 0.758. The number of hydrogen-bond acceptors (Lipinski definition) is 1. The molecule has 0 aromatic heterocycles. The van der Waals surface area contributed by atoms with Crippen molar-refractivity contribution < 1.29 is 0 Å². The van der Waals surface area contributed by atoms with Gasteiger partial charge in [0.25, 0.3) is 0 Å².